The van der Waals surface area contributed by atoms with Crippen molar-refractivity contribution in [2.75, 3.05) is 20.3 Å². The first-order chi connectivity index (χ1) is 15.3. The Kier molecular flexibility index (Phi) is 6.78. The number of fused-ring (bicyclic) bond motifs is 1. The minimum atomic E-state index is -3.82. The average molecular weight is 568 g/mol. The summed E-state index contributed by atoms with van der Waals surface area (Å²) in [6.07, 6.45) is 1.74. The highest BCUT2D eigenvalue weighted by molar-refractivity contribution is 14.1. The van der Waals surface area contributed by atoms with Gasteiger partial charge in [-0.05, 0) is 71.7 Å². The predicted octanol–water partition coefficient (Wildman–Crippen LogP) is 4.65. The monoisotopic (exact) mass is 568 g/mol. The van der Waals surface area contributed by atoms with Gasteiger partial charge in [0.05, 0.1) is 14.1 Å². The van der Waals surface area contributed by atoms with E-state index in [-0.39, 0.29) is 10.9 Å². The molecule has 0 saturated carbocycles. The summed E-state index contributed by atoms with van der Waals surface area (Å²) in [5.41, 5.74) is 1.44. The van der Waals surface area contributed by atoms with E-state index in [9.17, 15) is 13.2 Å². The number of aromatic nitrogens is 1. The fourth-order valence-corrected chi connectivity index (χ4v) is 7.15. The Labute approximate surface area is 201 Å². The maximum atomic E-state index is 13.5. The molecule has 0 atom stereocenters. The van der Waals surface area contributed by atoms with Gasteiger partial charge in [0.15, 0.2) is 0 Å². The molecule has 1 amide bonds. The Morgan fingerprint density at radius 1 is 1.19 bits per heavy atom. The second kappa shape index (κ2) is 9.40. The van der Waals surface area contributed by atoms with Gasteiger partial charge >= 0.3 is 6.09 Å². The third kappa shape index (κ3) is 4.25. The Morgan fingerprint density at radius 3 is 2.53 bits per heavy atom. The first kappa shape index (κ1) is 23.1. The number of amides is 1. The van der Waals surface area contributed by atoms with Crippen molar-refractivity contribution >= 4 is 49.6 Å². The van der Waals surface area contributed by atoms with Gasteiger partial charge in [0.2, 0.25) is 0 Å². The topological polar surface area (TPSA) is 77.8 Å². The number of aryl methyl sites for hydroxylation is 1. The quantitative estimate of drug-likeness (QED) is 0.419. The summed E-state index contributed by atoms with van der Waals surface area (Å²) in [6.45, 7) is 3.24. The summed E-state index contributed by atoms with van der Waals surface area (Å²) >= 11 is 2.08. The SMILES string of the molecule is CCc1c(I)n(S(=O)(=O)c2ccccc2)c2cc(OC(=O)N(C)C3CCOCC3)ccc12. The number of hydrogen-bond donors (Lipinski definition) is 0. The van der Waals surface area contributed by atoms with Crippen LogP contribution in [-0.4, -0.2) is 49.7 Å². The Hall–Kier alpha value is -2.11. The summed E-state index contributed by atoms with van der Waals surface area (Å²) in [4.78, 5) is 14.5. The van der Waals surface area contributed by atoms with Gasteiger partial charge in [0.25, 0.3) is 10.0 Å². The highest BCUT2D eigenvalue weighted by atomic mass is 127. The molecule has 1 aliphatic rings. The van der Waals surface area contributed by atoms with Gasteiger partial charge in [-0.3, -0.25) is 0 Å². The highest BCUT2D eigenvalue weighted by Crippen LogP contribution is 2.34. The van der Waals surface area contributed by atoms with Crippen molar-refractivity contribution < 1.29 is 22.7 Å². The molecule has 1 aromatic heterocycles. The van der Waals surface area contributed by atoms with Crippen molar-refractivity contribution in [3.63, 3.8) is 0 Å². The van der Waals surface area contributed by atoms with Crippen LogP contribution in [0, 0.1) is 3.70 Å². The lowest BCUT2D eigenvalue weighted by molar-refractivity contribution is 0.0454. The van der Waals surface area contributed by atoms with E-state index in [0.717, 1.165) is 23.8 Å². The van der Waals surface area contributed by atoms with Crippen molar-refractivity contribution in [3.8, 4) is 5.75 Å². The third-order valence-corrected chi connectivity index (χ3v) is 9.00. The summed E-state index contributed by atoms with van der Waals surface area (Å²) in [5.74, 6) is 0.308. The lowest BCUT2D eigenvalue weighted by Gasteiger charge is -2.30. The predicted molar refractivity (Wildman–Crippen MR) is 131 cm³/mol. The molecule has 0 radical (unpaired) electrons. The minimum Gasteiger partial charge on any atom is -0.410 e. The Bertz CT molecular complexity index is 1230. The van der Waals surface area contributed by atoms with Gasteiger partial charge in [0, 0.05) is 37.8 Å². The number of halogens is 1. The normalized spacial score (nSPS) is 15.1. The first-order valence-corrected chi connectivity index (χ1v) is 13.0. The van der Waals surface area contributed by atoms with Crippen molar-refractivity contribution in [3.05, 3.63) is 57.8 Å². The molecular weight excluding hydrogens is 543 g/mol. The van der Waals surface area contributed by atoms with Gasteiger partial charge in [0.1, 0.15) is 5.75 Å². The molecule has 9 heteroatoms. The molecule has 0 unspecified atom stereocenters. The van der Waals surface area contributed by atoms with E-state index >= 15 is 0 Å². The zero-order valence-electron chi connectivity index (χ0n) is 18.0. The van der Waals surface area contributed by atoms with Gasteiger partial charge in [-0.25, -0.2) is 17.2 Å². The number of carbonyl (C=O) groups excluding carboxylic acids is 1. The number of rotatable bonds is 5. The van der Waals surface area contributed by atoms with E-state index in [2.05, 4.69) is 22.6 Å². The second-order valence-corrected chi connectivity index (χ2v) is 10.5. The maximum absolute atomic E-state index is 13.5. The van der Waals surface area contributed by atoms with Crippen LogP contribution in [0.1, 0.15) is 25.3 Å². The standard InChI is InChI=1S/C23H25IN2O5S/c1-3-19-20-10-9-17(31-23(27)25(2)16-11-13-30-14-12-16)15-21(20)26(22(19)24)32(28,29)18-7-5-4-6-8-18/h4-10,15-16H,3,11-14H2,1-2H3. The van der Waals surface area contributed by atoms with Crippen LogP contribution in [0.3, 0.4) is 0 Å². The van der Waals surface area contributed by atoms with Crippen molar-refractivity contribution in [1.82, 2.24) is 8.87 Å². The van der Waals surface area contributed by atoms with Crippen LogP contribution >= 0.6 is 22.6 Å². The van der Waals surface area contributed by atoms with Crippen LogP contribution in [0.4, 0.5) is 4.79 Å². The van der Waals surface area contributed by atoms with Crippen LogP contribution < -0.4 is 4.74 Å². The molecule has 0 bridgehead atoms. The molecule has 1 fully saturated rings. The molecular formula is C23H25IN2O5S. The number of hydrogen-bond acceptors (Lipinski definition) is 5. The van der Waals surface area contributed by atoms with E-state index in [0.29, 0.717) is 34.6 Å². The fraction of sp³-hybridized carbons (Fsp3) is 0.348. The van der Waals surface area contributed by atoms with Crippen molar-refractivity contribution in [1.29, 1.82) is 0 Å². The molecule has 170 valence electrons. The number of ether oxygens (including phenoxy) is 2. The number of carbonyl (C=O) groups is 1. The molecule has 0 aliphatic carbocycles. The van der Waals surface area contributed by atoms with Crippen LogP contribution in [0.25, 0.3) is 10.9 Å². The fourth-order valence-electron chi connectivity index (χ4n) is 4.00. The van der Waals surface area contributed by atoms with Gasteiger partial charge in [-0.1, -0.05) is 25.1 Å². The smallest absolute Gasteiger partial charge is 0.410 e. The van der Waals surface area contributed by atoms with Crippen LogP contribution in [0.2, 0.25) is 0 Å². The molecule has 0 N–H and O–H groups in total. The first-order valence-electron chi connectivity index (χ1n) is 10.5. The van der Waals surface area contributed by atoms with Gasteiger partial charge in [-0.2, -0.15) is 0 Å². The van der Waals surface area contributed by atoms with E-state index in [1.807, 2.05) is 13.0 Å². The average Bonchev–Trinajstić information content (AvgIpc) is 3.10. The Balaban J connectivity index is 1.73. The van der Waals surface area contributed by atoms with Gasteiger partial charge < -0.3 is 14.4 Å². The summed E-state index contributed by atoms with van der Waals surface area (Å²) in [5, 5.41) is 0.828. The van der Waals surface area contributed by atoms with E-state index in [4.69, 9.17) is 9.47 Å². The largest absolute Gasteiger partial charge is 0.415 e. The lowest BCUT2D eigenvalue weighted by atomic mass is 10.1. The molecule has 3 aromatic rings. The van der Waals surface area contributed by atoms with E-state index in [1.54, 1.807) is 54.4 Å². The maximum Gasteiger partial charge on any atom is 0.415 e. The molecule has 2 heterocycles. The van der Waals surface area contributed by atoms with E-state index in [1.165, 1.54) is 3.97 Å². The lowest BCUT2D eigenvalue weighted by Crippen LogP contribution is -2.42. The molecule has 1 aliphatic heterocycles. The minimum absolute atomic E-state index is 0.0648. The summed E-state index contributed by atoms with van der Waals surface area (Å²) < 4.78 is 39.9. The summed E-state index contributed by atoms with van der Waals surface area (Å²) in [7, 11) is -2.10. The zero-order chi connectivity index (χ0) is 22.9. The van der Waals surface area contributed by atoms with Crippen LogP contribution in [0.15, 0.2) is 53.4 Å². The van der Waals surface area contributed by atoms with E-state index < -0.39 is 16.1 Å². The number of benzene rings is 2. The molecule has 2 aromatic carbocycles. The van der Waals surface area contributed by atoms with Crippen molar-refractivity contribution in [2.45, 2.75) is 37.1 Å². The molecule has 0 spiro atoms. The van der Waals surface area contributed by atoms with Gasteiger partial charge in [-0.15, -0.1) is 0 Å². The van der Waals surface area contributed by atoms with Crippen LogP contribution in [0.5, 0.6) is 5.75 Å². The molecule has 32 heavy (non-hydrogen) atoms. The van der Waals surface area contributed by atoms with Crippen molar-refractivity contribution in [2.24, 2.45) is 0 Å². The number of nitrogens with zero attached hydrogens (tertiary/aromatic N) is 2. The van der Waals surface area contributed by atoms with Crippen LogP contribution in [-0.2, 0) is 21.2 Å². The molecule has 7 nitrogen and oxygen atoms in total. The zero-order valence-corrected chi connectivity index (χ0v) is 20.9. The summed E-state index contributed by atoms with van der Waals surface area (Å²) in [6, 6.07) is 13.6. The second-order valence-electron chi connectivity index (χ2n) is 7.71. The molecule has 1 saturated heterocycles. The molecule has 4 rings (SSSR count). The third-order valence-electron chi connectivity index (χ3n) is 5.81. The Morgan fingerprint density at radius 2 is 1.88 bits per heavy atom. The highest BCUT2D eigenvalue weighted by Gasteiger charge is 2.27.